The van der Waals surface area contributed by atoms with E-state index in [2.05, 4.69) is 9.97 Å². The summed E-state index contributed by atoms with van der Waals surface area (Å²) in [6, 6.07) is 7.85. The standard InChI is InChI=1S/C27H27F3N4O2/c1-15-23-20(14-36-15)19-10-16(4-7-21(19)33-24(23)31)25(35)34(22-11-26(22)8-2-3-9-26)13-18-6-5-17(12-32-18)27(28,29)30/h4-7,10,12,15,22H,2-3,8-9,11,13-14H2,1H3,(H2,31,33)/t15-,22-/m1/s1. The normalized spacial score (nSPS) is 22.2. The van der Waals surface area contributed by atoms with Gasteiger partial charge in [0.15, 0.2) is 0 Å². The van der Waals surface area contributed by atoms with Crippen LogP contribution in [0.3, 0.4) is 0 Å². The molecule has 9 heteroatoms. The number of nitrogens with zero attached hydrogens (tertiary/aromatic N) is 3. The minimum Gasteiger partial charge on any atom is -0.383 e. The average molecular weight is 497 g/mol. The van der Waals surface area contributed by atoms with Gasteiger partial charge in [0.25, 0.3) is 5.91 Å². The van der Waals surface area contributed by atoms with Crippen LogP contribution >= 0.6 is 0 Å². The van der Waals surface area contributed by atoms with Gasteiger partial charge < -0.3 is 15.4 Å². The Bertz CT molecular complexity index is 1350. The van der Waals surface area contributed by atoms with Gasteiger partial charge in [-0.3, -0.25) is 9.78 Å². The lowest BCUT2D eigenvalue weighted by Crippen LogP contribution is -2.35. The maximum Gasteiger partial charge on any atom is 0.417 e. The van der Waals surface area contributed by atoms with Crippen LogP contribution in [0.1, 0.15) is 77.9 Å². The lowest BCUT2D eigenvalue weighted by molar-refractivity contribution is -0.137. The average Bonchev–Trinajstić information content (AvgIpc) is 3.13. The molecule has 0 bridgehead atoms. The summed E-state index contributed by atoms with van der Waals surface area (Å²) < 4.78 is 44.8. The lowest BCUT2D eigenvalue weighted by Gasteiger charge is -2.26. The van der Waals surface area contributed by atoms with Crippen molar-refractivity contribution in [2.75, 3.05) is 5.73 Å². The van der Waals surface area contributed by atoms with Crippen LogP contribution in [0.25, 0.3) is 10.9 Å². The first-order valence-corrected chi connectivity index (χ1v) is 12.3. The van der Waals surface area contributed by atoms with Crippen LogP contribution < -0.4 is 5.73 Å². The Kier molecular flexibility index (Phi) is 5.26. The molecule has 1 spiro atoms. The van der Waals surface area contributed by atoms with Crippen molar-refractivity contribution in [2.45, 2.75) is 70.5 Å². The highest BCUT2D eigenvalue weighted by Crippen LogP contribution is 2.60. The Morgan fingerprint density at radius 2 is 2.00 bits per heavy atom. The number of carbonyl (C=O) groups is 1. The van der Waals surface area contributed by atoms with E-state index in [1.54, 1.807) is 12.1 Å². The molecule has 36 heavy (non-hydrogen) atoms. The topological polar surface area (TPSA) is 81.3 Å². The van der Waals surface area contributed by atoms with Crippen molar-refractivity contribution in [3.05, 3.63) is 64.5 Å². The number of hydrogen-bond donors (Lipinski definition) is 1. The van der Waals surface area contributed by atoms with Crippen molar-refractivity contribution in [2.24, 2.45) is 5.41 Å². The van der Waals surface area contributed by atoms with Gasteiger partial charge >= 0.3 is 6.18 Å². The summed E-state index contributed by atoms with van der Waals surface area (Å²) in [5.41, 5.74) is 8.97. The highest BCUT2D eigenvalue weighted by Gasteiger charge is 2.58. The van der Waals surface area contributed by atoms with Gasteiger partial charge in [0, 0.05) is 28.8 Å². The zero-order valence-corrected chi connectivity index (χ0v) is 19.9. The number of alkyl halides is 3. The molecular formula is C27H27F3N4O2. The fourth-order valence-electron chi connectivity index (χ4n) is 6.13. The first-order chi connectivity index (χ1) is 17.2. The SMILES string of the molecule is C[C@H]1OCc2c1c(N)nc1ccc(C(=O)N(Cc3ccc(C(F)(F)F)cn3)[C@@H]3CC34CCCC4)cc21. The molecule has 3 heterocycles. The van der Waals surface area contributed by atoms with E-state index in [-0.39, 0.29) is 30.0 Å². The third-order valence-electron chi connectivity index (χ3n) is 8.16. The Labute approximate surface area is 206 Å². The number of nitrogen functional groups attached to an aromatic ring is 1. The Hall–Kier alpha value is -3.20. The molecule has 6 rings (SSSR count). The molecule has 2 fully saturated rings. The predicted molar refractivity (Wildman–Crippen MR) is 128 cm³/mol. The molecule has 2 aromatic heterocycles. The number of halogens is 3. The zero-order chi connectivity index (χ0) is 25.2. The van der Waals surface area contributed by atoms with Crippen molar-refractivity contribution in [3.63, 3.8) is 0 Å². The molecule has 3 aromatic rings. The number of amides is 1. The zero-order valence-electron chi connectivity index (χ0n) is 19.9. The molecule has 2 aliphatic carbocycles. The maximum absolute atomic E-state index is 13.9. The van der Waals surface area contributed by atoms with E-state index in [0.717, 1.165) is 60.9 Å². The summed E-state index contributed by atoms with van der Waals surface area (Å²) in [6.07, 6.45) is 1.59. The van der Waals surface area contributed by atoms with E-state index in [1.807, 2.05) is 17.9 Å². The minimum atomic E-state index is -4.45. The molecule has 2 N–H and O–H groups in total. The molecular weight excluding hydrogens is 469 g/mol. The Morgan fingerprint density at radius 1 is 1.22 bits per heavy atom. The van der Waals surface area contributed by atoms with Crippen LogP contribution in [0.2, 0.25) is 0 Å². The number of fused-ring (bicyclic) bond motifs is 3. The monoisotopic (exact) mass is 496 g/mol. The first-order valence-electron chi connectivity index (χ1n) is 12.3. The Balaban J connectivity index is 1.35. The maximum atomic E-state index is 13.9. The van der Waals surface area contributed by atoms with Crippen molar-refractivity contribution in [1.82, 2.24) is 14.9 Å². The molecule has 0 unspecified atom stereocenters. The molecule has 6 nitrogen and oxygen atoms in total. The quantitative estimate of drug-likeness (QED) is 0.494. The van der Waals surface area contributed by atoms with Gasteiger partial charge in [0.2, 0.25) is 0 Å². The Morgan fingerprint density at radius 3 is 2.69 bits per heavy atom. The van der Waals surface area contributed by atoms with Crippen LogP contribution in [0, 0.1) is 5.41 Å². The summed E-state index contributed by atoms with van der Waals surface area (Å²) in [5, 5.41) is 0.841. The number of anilines is 1. The predicted octanol–water partition coefficient (Wildman–Crippen LogP) is 5.80. The smallest absolute Gasteiger partial charge is 0.383 e. The first kappa shape index (κ1) is 23.2. The summed E-state index contributed by atoms with van der Waals surface area (Å²) in [6.45, 7) is 2.50. The molecule has 0 saturated heterocycles. The van der Waals surface area contributed by atoms with Gasteiger partial charge in [-0.15, -0.1) is 0 Å². The van der Waals surface area contributed by atoms with Gasteiger partial charge in [-0.2, -0.15) is 13.2 Å². The molecule has 2 atom stereocenters. The number of pyridine rings is 2. The summed E-state index contributed by atoms with van der Waals surface area (Å²) in [7, 11) is 0. The summed E-state index contributed by atoms with van der Waals surface area (Å²) in [5.74, 6) is 0.294. The van der Waals surface area contributed by atoms with E-state index >= 15 is 0 Å². The number of carbonyl (C=O) groups excluding carboxylic acids is 1. The number of aromatic nitrogens is 2. The van der Waals surface area contributed by atoms with Crippen LogP contribution in [0.5, 0.6) is 0 Å². The molecule has 3 aliphatic rings. The second-order valence-corrected chi connectivity index (χ2v) is 10.3. The molecule has 2 saturated carbocycles. The van der Waals surface area contributed by atoms with E-state index < -0.39 is 11.7 Å². The van der Waals surface area contributed by atoms with Crippen molar-refractivity contribution in [3.8, 4) is 0 Å². The highest BCUT2D eigenvalue weighted by molar-refractivity contribution is 5.99. The van der Waals surface area contributed by atoms with Crippen LogP contribution in [-0.4, -0.2) is 26.8 Å². The van der Waals surface area contributed by atoms with Gasteiger partial charge in [-0.05, 0) is 67.5 Å². The fourth-order valence-corrected chi connectivity index (χ4v) is 6.13. The molecule has 1 aliphatic heterocycles. The number of hydrogen-bond acceptors (Lipinski definition) is 5. The second kappa shape index (κ2) is 8.16. The number of nitrogens with two attached hydrogens (primary N) is 1. The molecule has 1 amide bonds. The van der Waals surface area contributed by atoms with Crippen molar-refractivity contribution in [1.29, 1.82) is 0 Å². The van der Waals surface area contributed by atoms with Crippen molar-refractivity contribution < 1.29 is 22.7 Å². The lowest BCUT2D eigenvalue weighted by atomic mass is 9.99. The highest BCUT2D eigenvalue weighted by atomic mass is 19.4. The van der Waals surface area contributed by atoms with E-state index in [4.69, 9.17) is 10.5 Å². The number of benzene rings is 1. The molecule has 188 valence electrons. The van der Waals surface area contributed by atoms with E-state index in [1.165, 1.54) is 6.07 Å². The van der Waals surface area contributed by atoms with Gasteiger partial charge in [-0.1, -0.05) is 12.8 Å². The third kappa shape index (κ3) is 3.80. The van der Waals surface area contributed by atoms with E-state index in [9.17, 15) is 18.0 Å². The van der Waals surface area contributed by atoms with Gasteiger partial charge in [0.05, 0.1) is 36.0 Å². The number of rotatable bonds is 4. The van der Waals surface area contributed by atoms with Gasteiger partial charge in [-0.25, -0.2) is 4.98 Å². The fraction of sp³-hybridized carbons (Fsp3) is 0.444. The summed E-state index contributed by atoms with van der Waals surface area (Å²) >= 11 is 0. The van der Waals surface area contributed by atoms with Crippen LogP contribution in [-0.2, 0) is 24.1 Å². The molecule has 1 aromatic carbocycles. The van der Waals surface area contributed by atoms with Crippen molar-refractivity contribution >= 4 is 22.6 Å². The molecule has 0 radical (unpaired) electrons. The van der Waals surface area contributed by atoms with Crippen LogP contribution in [0.4, 0.5) is 19.0 Å². The minimum absolute atomic E-state index is 0.0610. The largest absolute Gasteiger partial charge is 0.417 e. The second-order valence-electron chi connectivity index (χ2n) is 10.3. The third-order valence-corrected chi connectivity index (χ3v) is 8.16. The van der Waals surface area contributed by atoms with Crippen LogP contribution in [0.15, 0.2) is 36.5 Å². The van der Waals surface area contributed by atoms with E-state index in [0.29, 0.717) is 29.2 Å². The van der Waals surface area contributed by atoms with Gasteiger partial charge in [0.1, 0.15) is 5.82 Å². The number of ether oxygens (including phenoxy) is 1. The summed E-state index contributed by atoms with van der Waals surface area (Å²) in [4.78, 5) is 24.3.